The highest BCUT2D eigenvalue weighted by Crippen LogP contribution is 2.36. The van der Waals surface area contributed by atoms with Gasteiger partial charge in [0.15, 0.2) is 0 Å². The molecule has 0 radical (unpaired) electrons. The summed E-state index contributed by atoms with van der Waals surface area (Å²) in [5, 5.41) is 13.9. The summed E-state index contributed by atoms with van der Waals surface area (Å²) >= 11 is 0. The maximum atomic E-state index is 12.5. The molecule has 0 saturated heterocycles. The molecule has 0 spiro atoms. The van der Waals surface area contributed by atoms with E-state index in [1.54, 1.807) is 42.5 Å². The van der Waals surface area contributed by atoms with Gasteiger partial charge in [-0.05, 0) is 36.2 Å². The van der Waals surface area contributed by atoms with Gasteiger partial charge >= 0.3 is 5.63 Å². The monoisotopic (exact) mass is 352 g/mol. The molecular formula is C20H20N2O4. The van der Waals surface area contributed by atoms with Crippen LogP contribution in [0.5, 0.6) is 5.75 Å². The molecule has 4 N–H and O–H groups in total. The third-order valence-corrected chi connectivity index (χ3v) is 4.33. The first-order chi connectivity index (χ1) is 12.5. The van der Waals surface area contributed by atoms with Crippen LogP contribution in [-0.4, -0.2) is 17.6 Å². The van der Waals surface area contributed by atoms with Gasteiger partial charge in [0, 0.05) is 11.6 Å². The Hall–Kier alpha value is -3.12. The van der Waals surface area contributed by atoms with E-state index in [0.717, 1.165) is 5.56 Å². The molecule has 1 unspecified atom stereocenters. The van der Waals surface area contributed by atoms with Crippen LogP contribution in [-0.2, 0) is 4.79 Å². The average Bonchev–Trinajstić information content (AvgIpc) is 2.65. The summed E-state index contributed by atoms with van der Waals surface area (Å²) in [6.45, 7) is 1.81. The Morgan fingerprint density at radius 1 is 1.23 bits per heavy atom. The summed E-state index contributed by atoms with van der Waals surface area (Å²) in [5.74, 6) is -0.742. The molecule has 3 aromatic rings. The fourth-order valence-corrected chi connectivity index (χ4v) is 3.11. The predicted octanol–water partition coefficient (Wildman–Crippen LogP) is 2.94. The minimum atomic E-state index is -0.565. The lowest BCUT2D eigenvalue weighted by Gasteiger charge is -2.18. The number of carbonyl (C=O) groups is 1. The molecule has 0 aliphatic heterocycles. The van der Waals surface area contributed by atoms with Gasteiger partial charge in [-0.3, -0.25) is 4.79 Å². The number of benzene rings is 2. The van der Waals surface area contributed by atoms with Gasteiger partial charge in [-0.15, -0.1) is 0 Å². The number of nitrogens with two attached hydrogens (primary N) is 1. The second-order valence-corrected chi connectivity index (χ2v) is 5.99. The summed E-state index contributed by atoms with van der Waals surface area (Å²) in [6, 6.07) is 14.0. The zero-order chi connectivity index (χ0) is 18.7. The summed E-state index contributed by atoms with van der Waals surface area (Å²) in [7, 11) is 0. The van der Waals surface area contributed by atoms with Gasteiger partial charge in [0.05, 0.1) is 17.5 Å². The van der Waals surface area contributed by atoms with E-state index in [-0.39, 0.29) is 29.7 Å². The van der Waals surface area contributed by atoms with Crippen LogP contribution < -0.4 is 16.7 Å². The Morgan fingerprint density at radius 3 is 2.73 bits per heavy atom. The van der Waals surface area contributed by atoms with Gasteiger partial charge < -0.3 is 20.6 Å². The van der Waals surface area contributed by atoms with Gasteiger partial charge in [0.2, 0.25) is 5.91 Å². The average molecular weight is 352 g/mol. The van der Waals surface area contributed by atoms with E-state index in [1.165, 1.54) is 0 Å². The highest BCUT2D eigenvalue weighted by atomic mass is 16.4. The van der Waals surface area contributed by atoms with E-state index in [2.05, 4.69) is 5.32 Å². The van der Waals surface area contributed by atoms with Crippen molar-refractivity contribution in [3.63, 3.8) is 0 Å². The van der Waals surface area contributed by atoms with Crippen LogP contribution in [0.25, 0.3) is 11.0 Å². The van der Waals surface area contributed by atoms with Gasteiger partial charge in [-0.25, -0.2) is 4.79 Å². The van der Waals surface area contributed by atoms with Crippen molar-refractivity contribution in [2.45, 2.75) is 19.3 Å². The van der Waals surface area contributed by atoms with E-state index in [0.29, 0.717) is 23.1 Å². The fourth-order valence-electron chi connectivity index (χ4n) is 3.11. The number of hydrogen-bond acceptors (Lipinski definition) is 5. The molecule has 1 amide bonds. The summed E-state index contributed by atoms with van der Waals surface area (Å²) in [4.78, 5) is 24.0. The van der Waals surface area contributed by atoms with Crippen molar-refractivity contribution in [1.29, 1.82) is 0 Å². The van der Waals surface area contributed by atoms with Crippen molar-refractivity contribution in [2.75, 3.05) is 11.9 Å². The maximum Gasteiger partial charge on any atom is 0.343 e. The van der Waals surface area contributed by atoms with Crippen LogP contribution in [0.2, 0.25) is 0 Å². The minimum absolute atomic E-state index is 0.0694. The molecule has 0 aliphatic rings. The van der Waals surface area contributed by atoms with Crippen LogP contribution >= 0.6 is 0 Å². The number of anilines is 1. The van der Waals surface area contributed by atoms with Crippen LogP contribution in [0.15, 0.2) is 57.7 Å². The molecule has 6 heteroatoms. The second-order valence-electron chi connectivity index (χ2n) is 5.99. The van der Waals surface area contributed by atoms with Crippen LogP contribution in [0.4, 0.5) is 5.69 Å². The Kier molecular flexibility index (Phi) is 5.04. The molecule has 0 saturated carbocycles. The molecule has 3 rings (SSSR count). The lowest BCUT2D eigenvalue weighted by atomic mass is 9.88. The van der Waals surface area contributed by atoms with Crippen molar-refractivity contribution < 1.29 is 14.3 Å². The zero-order valence-corrected chi connectivity index (χ0v) is 14.4. The van der Waals surface area contributed by atoms with Crippen molar-refractivity contribution in [1.82, 2.24) is 0 Å². The zero-order valence-electron chi connectivity index (χ0n) is 14.4. The Bertz CT molecular complexity index is 1010. The quantitative estimate of drug-likeness (QED) is 0.612. The van der Waals surface area contributed by atoms with E-state index >= 15 is 0 Å². The highest BCUT2D eigenvalue weighted by molar-refractivity contribution is 5.92. The number of fused-ring (bicyclic) bond motifs is 1. The number of aromatic hydroxyl groups is 1. The lowest BCUT2D eigenvalue weighted by molar-refractivity contribution is -0.114. The van der Waals surface area contributed by atoms with Crippen molar-refractivity contribution in [2.24, 2.45) is 5.73 Å². The summed E-state index contributed by atoms with van der Waals surface area (Å²) in [5.41, 5.74) is 6.70. The van der Waals surface area contributed by atoms with Crippen molar-refractivity contribution in [3.8, 4) is 5.75 Å². The number of hydrogen-bond donors (Lipinski definition) is 3. The Balaban J connectivity index is 2.10. The molecule has 0 bridgehead atoms. The van der Waals surface area contributed by atoms with E-state index in [4.69, 9.17) is 10.2 Å². The Morgan fingerprint density at radius 2 is 2.00 bits per heavy atom. The van der Waals surface area contributed by atoms with Crippen LogP contribution in [0.1, 0.15) is 30.4 Å². The SMILES string of the molecule is CCC(c1cccc(NC(=O)CN)c1)c1c(O)c2ccccc2oc1=O. The van der Waals surface area contributed by atoms with E-state index in [9.17, 15) is 14.7 Å². The molecule has 134 valence electrons. The summed E-state index contributed by atoms with van der Waals surface area (Å²) in [6.07, 6.45) is 0.574. The first-order valence-corrected chi connectivity index (χ1v) is 8.39. The number of amides is 1. The third-order valence-electron chi connectivity index (χ3n) is 4.33. The molecule has 1 heterocycles. The lowest BCUT2D eigenvalue weighted by Crippen LogP contribution is -2.22. The summed E-state index contributed by atoms with van der Waals surface area (Å²) < 4.78 is 5.39. The van der Waals surface area contributed by atoms with Crippen molar-refractivity contribution in [3.05, 3.63) is 70.1 Å². The number of rotatable bonds is 5. The highest BCUT2D eigenvalue weighted by Gasteiger charge is 2.23. The smallest absolute Gasteiger partial charge is 0.343 e. The standard InChI is InChI=1S/C20H20N2O4/c1-2-14(12-6-5-7-13(10-12)22-17(23)11-21)18-19(24)15-8-3-4-9-16(15)26-20(18)25/h3-10,14,24H,2,11,21H2,1H3,(H,22,23). The number of carbonyl (C=O) groups excluding carboxylic acids is 1. The second kappa shape index (κ2) is 7.41. The maximum absolute atomic E-state index is 12.5. The first-order valence-electron chi connectivity index (χ1n) is 8.39. The fraction of sp³-hybridized carbons (Fsp3) is 0.200. The van der Waals surface area contributed by atoms with Gasteiger partial charge in [0.1, 0.15) is 11.3 Å². The third kappa shape index (κ3) is 3.32. The number of para-hydroxylation sites is 1. The normalized spacial score (nSPS) is 12.1. The van der Waals surface area contributed by atoms with Gasteiger partial charge in [-0.1, -0.05) is 31.2 Å². The van der Waals surface area contributed by atoms with E-state index in [1.807, 2.05) is 13.0 Å². The van der Waals surface area contributed by atoms with Crippen LogP contribution in [0.3, 0.4) is 0 Å². The largest absolute Gasteiger partial charge is 0.507 e. The van der Waals surface area contributed by atoms with Crippen LogP contribution in [0, 0.1) is 0 Å². The molecule has 1 aromatic heterocycles. The minimum Gasteiger partial charge on any atom is -0.507 e. The first kappa shape index (κ1) is 17.7. The number of nitrogens with one attached hydrogen (secondary N) is 1. The molecule has 2 aromatic carbocycles. The van der Waals surface area contributed by atoms with Gasteiger partial charge in [0.25, 0.3) is 0 Å². The van der Waals surface area contributed by atoms with Gasteiger partial charge in [-0.2, -0.15) is 0 Å². The van der Waals surface area contributed by atoms with E-state index < -0.39 is 5.63 Å². The topological polar surface area (TPSA) is 106 Å². The molecule has 26 heavy (non-hydrogen) atoms. The van der Waals surface area contributed by atoms with Crippen molar-refractivity contribution >= 4 is 22.6 Å². The molecule has 0 fully saturated rings. The Labute approximate surface area is 150 Å². The predicted molar refractivity (Wildman–Crippen MR) is 100 cm³/mol. The molecular weight excluding hydrogens is 332 g/mol. The molecule has 0 aliphatic carbocycles. The molecule has 1 atom stereocenters. The molecule has 6 nitrogen and oxygen atoms in total.